The smallest absolute Gasteiger partial charge is 0.266 e. The van der Waals surface area contributed by atoms with Crippen molar-refractivity contribution in [1.82, 2.24) is 4.90 Å². The van der Waals surface area contributed by atoms with Gasteiger partial charge in [-0.1, -0.05) is 41.9 Å². The number of hydrogen-bond acceptors (Lipinski definition) is 5. The molecular formula is C26H21BrClN3O3S. The van der Waals surface area contributed by atoms with Crippen molar-refractivity contribution < 1.29 is 14.3 Å². The molecule has 0 atom stereocenters. The second kappa shape index (κ2) is 11.1. The van der Waals surface area contributed by atoms with Crippen molar-refractivity contribution in [1.29, 1.82) is 0 Å². The minimum atomic E-state index is -0.236. The van der Waals surface area contributed by atoms with Gasteiger partial charge in [-0.3, -0.25) is 14.5 Å². The molecule has 0 radical (unpaired) electrons. The van der Waals surface area contributed by atoms with Gasteiger partial charge in [-0.05, 0) is 88.2 Å². The minimum absolute atomic E-state index is 0.103. The fourth-order valence-electron chi connectivity index (χ4n) is 3.18. The van der Waals surface area contributed by atoms with Gasteiger partial charge in [0, 0.05) is 17.2 Å². The largest absolute Gasteiger partial charge is 0.484 e. The SMILES string of the molecule is Cc1ccccc1NC(=O)COc1ccc(/C=C2/SC(=Nc3ccc(Br)c(Cl)c3)N(C)C2=O)cc1. The molecule has 1 aliphatic rings. The highest BCUT2D eigenvalue weighted by atomic mass is 79.9. The molecule has 35 heavy (non-hydrogen) atoms. The van der Waals surface area contributed by atoms with Crippen molar-refractivity contribution in [3.05, 3.63) is 92.3 Å². The Hall–Kier alpha value is -3.07. The molecule has 3 aromatic carbocycles. The van der Waals surface area contributed by atoms with Crippen LogP contribution in [0.2, 0.25) is 5.02 Å². The fraction of sp³-hybridized carbons (Fsp3) is 0.115. The van der Waals surface area contributed by atoms with Crippen LogP contribution in [0, 0.1) is 6.92 Å². The lowest BCUT2D eigenvalue weighted by atomic mass is 10.2. The first-order valence-electron chi connectivity index (χ1n) is 10.6. The molecule has 0 aliphatic carbocycles. The summed E-state index contributed by atoms with van der Waals surface area (Å²) >= 11 is 10.8. The van der Waals surface area contributed by atoms with Crippen molar-refractivity contribution in [2.75, 3.05) is 19.0 Å². The fourth-order valence-corrected chi connectivity index (χ4v) is 4.58. The van der Waals surface area contributed by atoms with Crippen molar-refractivity contribution in [3.63, 3.8) is 0 Å². The van der Waals surface area contributed by atoms with Gasteiger partial charge in [-0.15, -0.1) is 0 Å². The molecule has 6 nitrogen and oxygen atoms in total. The number of thioether (sulfide) groups is 1. The Morgan fingerprint density at radius 3 is 2.63 bits per heavy atom. The zero-order valence-corrected chi connectivity index (χ0v) is 22.1. The van der Waals surface area contributed by atoms with Crippen molar-refractivity contribution in [3.8, 4) is 5.75 Å². The highest BCUT2D eigenvalue weighted by Gasteiger charge is 2.30. The Balaban J connectivity index is 1.38. The van der Waals surface area contributed by atoms with E-state index in [0.29, 0.717) is 26.5 Å². The molecule has 1 fully saturated rings. The van der Waals surface area contributed by atoms with Crippen LogP contribution in [-0.2, 0) is 9.59 Å². The second-order valence-corrected chi connectivity index (χ2v) is 9.96. The van der Waals surface area contributed by atoms with Crippen LogP contribution in [0.25, 0.3) is 6.08 Å². The molecule has 0 aromatic heterocycles. The third kappa shape index (κ3) is 6.33. The monoisotopic (exact) mass is 569 g/mol. The number of likely N-dealkylation sites (N-methyl/N-ethyl adjacent to an activating group) is 1. The number of carbonyl (C=O) groups excluding carboxylic acids is 2. The van der Waals surface area contributed by atoms with Gasteiger partial charge in [0.05, 0.1) is 15.6 Å². The molecule has 1 saturated heterocycles. The molecule has 1 N–H and O–H groups in total. The number of benzene rings is 3. The Morgan fingerprint density at radius 1 is 1.17 bits per heavy atom. The second-order valence-electron chi connectivity index (χ2n) is 7.69. The molecule has 0 spiro atoms. The first kappa shape index (κ1) is 25.0. The highest BCUT2D eigenvalue weighted by molar-refractivity contribution is 9.10. The summed E-state index contributed by atoms with van der Waals surface area (Å²) in [4.78, 5) is 31.5. The molecule has 1 aliphatic heterocycles. The quantitative estimate of drug-likeness (QED) is 0.336. The number of amidine groups is 1. The number of nitrogens with zero attached hydrogens (tertiary/aromatic N) is 2. The number of amides is 2. The van der Waals surface area contributed by atoms with Crippen LogP contribution in [0.5, 0.6) is 5.75 Å². The Labute approximate surface area is 221 Å². The molecule has 9 heteroatoms. The van der Waals surface area contributed by atoms with E-state index in [4.69, 9.17) is 16.3 Å². The summed E-state index contributed by atoms with van der Waals surface area (Å²) in [6.45, 7) is 1.83. The lowest BCUT2D eigenvalue weighted by Gasteiger charge is -2.09. The van der Waals surface area contributed by atoms with Crippen LogP contribution in [-0.4, -0.2) is 35.5 Å². The Kier molecular flexibility index (Phi) is 7.95. The van der Waals surface area contributed by atoms with Crippen LogP contribution in [0.1, 0.15) is 11.1 Å². The highest BCUT2D eigenvalue weighted by Crippen LogP contribution is 2.34. The van der Waals surface area contributed by atoms with E-state index in [1.165, 1.54) is 16.7 Å². The number of aliphatic imine (C=N–C) groups is 1. The number of ether oxygens (including phenoxy) is 1. The Bertz CT molecular complexity index is 1340. The number of nitrogens with one attached hydrogen (secondary N) is 1. The maximum Gasteiger partial charge on any atom is 0.266 e. The van der Waals surface area contributed by atoms with Gasteiger partial charge in [0.15, 0.2) is 11.8 Å². The summed E-state index contributed by atoms with van der Waals surface area (Å²) in [6.07, 6.45) is 1.80. The topological polar surface area (TPSA) is 71.0 Å². The standard InChI is InChI=1S/C26H21BrClN3O3S/c1-16-5-3-4-6-22(16)30-24(32)15-34-19-10-7-17(8-11-19)13-23-25(33)31(2)26(35-23)29-18-9-12-20(27)21(28)14-18/h3-14H,15H2,1-2H3,(H,30,32)/b23-13+,29-26?. The zero-order chi connectivity index (χ0) is 24.9. The predicted octanol–water partition coefficient (Wildman–Crippen LogP) is 6.66. The number of hydrogen-bond donors (Lipinski definition) is 1. The van der Waals surface area contributed by atoms with E-state index in [-0.39, 0.29) is 18.4 Å². The van der Waals surface area contributed by atoms with Crippen LogP contribution in [0.15, 0.2) is 81.1 Å². The number of carbonyl (C=O) groups is 2. The lowest BCUT2D eigenvalue weighted by molar-refractivity contribution is -0.121. The molecule has 3 aromatic rings. The van der Waals surface area contributed by atoms with Gasteiger partial charge in [0.25, 0.3) is 11.8 Å². The van der Waals surface area contributed by atoms with Gasteiger partial charge in [-0.25, -0.2) is 4.99 Å². The van der Waals surface area contributed by atoms with E-state index in [1.807, 2.05) is 55.5 Å². The number of anilines is 1. The third-order valence-electron chi connectivity index (χ3n) is 5.10. The van der Waals surface area contributed by atoms with Crippen LogP contribution in [0.4, 0.5) is 11.4 Å². The molecule has 0 unspecified atom stereocenters. The van der Waals surface area contributed by atoms with Gasteiger partial charge < -0.3 is 10.1 Å². The number of rotatable bonds is 6. The predicted molar refractivity (Wildman–Crippen MR) is 146 cm³/mol. The maximum absolute atomic E-state index is 12.7. The molecule has 4 rings (SSSR count). The molecule has 178 valence electrons. The van der Waals surface area contributed by atoms with E-state index >= 15 is 0 Å². The average Bonchev–Trinajstić information content (AvgIpc) is 3.10. The lowest BCUT2D eigenvalue weighted by Crippen LogP contribution is -2.23. The van der Waals surface area contributed by atoms with E-state index in [2.05, 4.69) is 26.2 Å². The number of aryl methyl sites for hydroxylation is 1. The third-order valence-corrected chi connectivity index (χ3v) is 7.39. The summed E-state index contributed by atoms with van der Waals surface area (Å²) in [6, 6.07) is 20.1. The van der Waals surface area contributed by atoms with Crippen molar-refractivity contribution in [2.24, 2.45) is 4.99 Å². The van der Waals surface area contributed by atoms with E-state index in [0.717, 1.165) is 21.3 Å². The summed E-state index contributed by atoms with van der Waals surface area (Å²) in [5, 5.41) is 3.96. The molecule has 1 heterocycles. The summed E-state index contributed by atoms with van der Waals surface area (Å²) in [5.41, 5.74) is 3.24. The Morgan fingerprint density at radius 2 is 1.91 bits per heavy atom. The van der Waals surface area contributed by atoms with Gasteiger partial charge >= 0.3 is 0 Å². The van der Waals surface area contributed by atoms with Crippen LogP contribution in [0.3, 0.4) is 0 Å². The van der Waals surface area contributed by atoms with Crippen molar-refractivity contribution >= 4 is 73.7 Å². The molecular weight excluding hydrogens is 550 g/mol. The zero-order valence-electron chi connectivity index (χ0n) is 18.9. The van der Waals surface area contributed by atoms with Gasteiger partial charge in [-0.2, -0.15) is 0 Å². The van der Waals surface area contributed by atoms with Crippen LogP contribution < -0.4 is 10.1 Å². The van der Waals surface area contributed by atoms with Crippen LogP contribution >= 0.6 is 39.3 Å². The molecule has 2 amide bonds. The van der Waals surface area contributed by atoms with E-state index in [9.17, 15) is 9.59 Å². The van der Waals surface area contributed by atoms with Gasteiger partial charge in [0.2, 0.25) is 0 Å². The summed E-state index contributed by atoms with van der Waals surface area (Å²) < 4.78 is 6.38. The molecule has 0 bridgehead atoms. The van der Waals surface area contributed by atoms with Gasteiger partial charge in [0.1, 0.15) is 5.75 Å². The minimum Gasteiger partial charge on any atom is -0.484 e. The van der Waals surface area contributed by atoms with Crippen molar-refractivity contribution in [2.45, 2.75) is 6.92 Å². The first-order chi connectivity index (χ1) is 16.8. The summed E-state index contributed by atoms with van der Waals surface area (Å²) in [5.74, 6) is 0.189. The summed E-state index contributed by atoms with van der Waals surface area (Å²) in [7, 11) is 1.69. The first-order valence-corrected chi connectivity index (χ1v) is 12.6. The normalized spacial score (nSPS) is 15.7. The maximum atomic E-state index is 12.7. The van der Waals surface area contributed by atoms with E-state index in [1.54, 1.807) is 31.3 Å². The number of halogens is 2. The average molecular weight is 571 g/mol. The molecule has 0 saturated carbocycles. The number of para-hydroxylation sites is 1. The van der Waals surface area contributed by atoms with E-state index < -0.39 is 0 Å².